The monoisotopic (exact) mass is 344 g/mol. The highest BCUT2D eigenvalue weighted by atomic mass is 16.6. The van der Waals surface area contributed by atoms with Crippen LogP contribution in [0.4, 0.5) is 4.79 Å². The number of piperidine rings is 1. The van der Waals surface area contributed by atoms with E-state index in [-0.39, 0.29) is 6.09 Å². The lowest BCUT2D eigenvalue weighted by molar-refractivity contribution is 0.0963. The molecule has 0 unspecified atom stereocenters. The molecule has 0 radical (unpaired) electrons. The van der Waals surface area contributed by atoms with Crippen molar-refractivity contribution in [2.45, 2.75) is 18.8 Å². The van der Waals surface area contributed by atoms with Crippen molar-refractivity contribution in [1.29, 1.82) is 0 Å². The zero-order chi connectivity index (χ0) is 17.6. The van der Waals surface area contributed by atoms with Crippen LogP contribution in [0.2, 0.25) is 0 Å². The van der Waals surface area contributed by atoms with Crippen LogP contribution in [-0.2, 0) is 4.74 Å². The number of hydrogen-bond acceptors (Lipinski definition) is 6. The smallest absolute Gasteiger partial charge is 0.409 e. The molecule has 1 amide bonds. The van der Waals surface area contributed by atoms with E-state index < -0.39 is 0 Å². The van der Waals surface area contributed by atoms with Gasteiger partial charge >= 0.3 is 6.09 Å². The Hall–Kier alpha value is -2.41. The van der Waals surface area contributed by atoms with Crippen molar-refractivity contribution in [3.63, 3.8) is 0 Å². The predicted octanol–water partition coefficient (Wildman–Crippen LogP) is 2.61. The molecular formula is C18H24N4O3. The van der Waals surface area contributed by atoms with Gasteiger partial charge in [0.2, 0.25) is 11.7 Å². The number of likely N-dealkylation sites (tertiary alicyclic amines) is 1. The van der Waals surface area contributed by atoms with Crippen LogP contribution in [0, 0.1) is 0 Å². The lowest BCUT2D eigenvalue weighted by atomic mass is 9.97. The molecule has 1 aromatic carbocycles. The van der Waals surface area contributed by atoms with Crippen LogP contribution in [-0.4, -0.2) is 66.4 Å². The molecule has 1 aliphatic rings. The summed E-state index contributed by atoms with van der Waals surface area (Å²) in [5, 5.41) is 4.10. The molecule has 0 saturated carbocycles. The van der Waals surface area contributed by atoms with E-state index in [9.17, 15) is 4.79 Å². The fourth-order valence-electron chi connectivity index (χ4n) is 2.90. The van der Waals surface area contributed by atoms with Crippen molar-refractivity contribution in [1.82, 2.24) is 19.9 Å². The van der Waals surface area contributed by atoms with Gasteiger partial charge in [-0.05, 0) is 25.9 Å². The summed E-state index contributed by atoms with van der Waals surface area (Å²) in [4.78, 5) is 19.7. The van der Waals surface area contributed by atoms with Crippen LogP contribution in [0.1, 0.15) is 24.7 Å². The minimum Gasteiger partial charge on any atom is -0.448 e. The second-order valence-corrected chi connectivity index (χ2v) is 6.45. The quantitative estimate of drug-likeness (QED) is 0.830. The van der Waals surface area contributed by atoms with E-state index in [4.69, 9.17) is 9.26 Å². The maximum absolute atomic E-state index is 11.4. The van der Waals surface area contributed by atoms with Crippen molar-refractivity contribution in [3.8, 4) is 11.4 Å². The lowest BCUT2D eigenvalue weighted by Gasteiger charge is -2.30. The minimum atomic E-state index is -0.297. The summed E-state index contributed by atoms with van der Waals surface area (Å²) < 4.78 is 10.7. The molecule has 25 heavy (non-hydrogen) atoms. The lowest BCUT2D eigenvalue weighted by Crippen LogP contribution is -2.36. The summed E-state index contributed by atoms with van der Waals surface area (Å²) in [6, 6.07) is 9.86. The molecule has 2 heterocycles. The Balaban J connectivity index is 1.46. The first-order valence-corrected chi connectivity index (χ1v) is 8.59. The number of benzene rings is 1. The molecule has 1 saturated heterocycles. The molecule has 1 aromatic heterocycles. The van der Waals surface area contributed by atoms with Gasteiger partial charge in [0.25, 0.3) is 0 Å². The summed E-state index contributed by atoms with van der Waals surface area (Å²) in [5.74, 6) is 1.66. The Labute approximate surface area is 147 Å². The summed E-state index contributed by atoms with van der Waals surface area (Å²) in [6.07, 6.45) is 1.64. The largest absolute Gasteiger partial charge is 0.448 e. The molecule has 0 aliphatic carbocycles. The third-order valence-corrected chi connectivity index (χ3v) is 4.41. The molecular weight excluding hydrogens is 320 g/mol. The van der Waals surface area contributed by atoms with E-state index in [2.05, 4.69) is 15.0 Å². The standard InChI is InChI=1S/C18H24N4O3/c1-21(2)18(23)24-13-12-22-10-8-15(9-11-22)17-19-16(20-25-17)14-6-4-3-5-7-14/h3-7,15H,8-13H2,1-2H3. The number of rotatable bonds is 5. The minimum absolute atomic E-state index is 0.297. The first-order chi connectivity index (χ1) is 12.1. The van der Waals surface area contributed by atoms with E-state index >= 15 is 0 Å². The molecule has 2 aromatic rings. The number of carbonyl (C=O) groups is 1. The Morgan fingerprint density at radius 1 is 1.28 bits per heavy atom. The molecule has 7 nitrogen and oxygen atoms in total. The fourth-order valence-corrected chi connectivity index (χ4v) is 2.90. The molecule has 7 heteroatoms. The Kier molecular flexibility index (Phi) is 5.65. The molecule has 0 N–H and O–H groups in total. The van der Waals surface area contributed by atoms with Gasteiger partial charge in [-0.1, -0.05) is 35.5 Å². The van der Waals surface area contributed by atoms with E-state index in [0.29, 0.717) is 18.3 Å². The molecule has 134 valence electrons. The highest BCUT2D eigenvalue weighted by Crippen LogP contribution is 2.28. The van der Waals surface area contributed by atoms with Crippen molar-refractivity contribution >= 4 is 6.09 Å². The molecule has 0 atom stereocenters. The van der Waals surface area contributed by atoms with Crippen molar-refractivity contribution in [3.05, 3.63) is 36.2 Å². The molecule has 0 spiro atoms. The molecule has 1 aliphatic heterocycles. The van der Waals surface area contributed by atoms with Crippen LogP contribution in [0.25, 0.3) is 11.4 Å². The van der Waals surface area contributed by atoms with Gasteiger partial charge in [-0.2, -0.15) is 4.98 Å². The zero-order valence-corrected chi connectivity index (χ0v) is 14.7. The maximum atomic E-state index is 11.4. The fraction of sp³-hybridized carbons (Fsp3) is 0.500. The molecule has 3 rings (SSSR count). The maximum Gasteiger partial charge on any atom is 0.409 e. The van der Waals surface area contributed by atoms with Crippen molar-refractivity contribution < 1.29 is 14.1 Å². The van der Waals surface area contributed by atoms with Gasteiger partial charge in [-0.15, -0.1) is 0 Å². The number of ether oxygens (including phenoxy) is 1. The normalized spacial score (nSPS) is 15.9. The van der Waals surface area contributed by atoms with Crippen molar-refractivity contribution in [2.24, 2.45) is 0 Å². The number of hydrogen-bond donors (Lipinski definition) is 0. The van der Waals surface area contributed by atoms with Crippen LogP contribution >= 0.6 is 0 Å². The summed E-state index contributed by atoms with van der Waals surface area (Å²) >= 11 is 0. The van der Waals surface area contributed by atoms with Gasteiger partial charge in [0, 0.05) is 32.1 Å². The van der Waals surface area contributed by atoms with Gasteiger partial charge in [0.05, 0.1) is 0 Å². The van der Waals surface area contributed by atoms with E-state index in [0.717, 1.165) is 43.9 Å². The average Bonchev–Trinajstić information content (AvgIpc) is 3.13. The van der Waals surface area contributed by atoms with Gasteiger partial charge in [-0.25, -0.2) is 4.79 Å². The van der Waals surface area contributed by atoms with Crippen LogP contribution in [0.15, 0.2) is 34.9 Å². The second kappa shape index (κ2) is 8.11. The van der Waals surface area contributed by atoms with Crippen LogP contribution < -0.4 is 0 Å². The number of nitrogens with zero attached hydrogens (tertiary/aromatic N) is 4. The third-order valence-electron chi connectivity index (χ3n) is 4.41. The number of amides is 1. The van der Waals surface area contributed by atoms with Crippen molar-refractivity contribution in [2.75, 3.05) is 40.3 Å². The topological polar surface area (TPSA) is 71.7 Å². The predicted molar refractivity (Wildman–Crippen MR) is 93.2 cm³/mol. The Morgan fingerprint density at radius 2 is 2.00 bits per heavy atom. The average molecular weight is 344 g/mol. The number of aromatic nitrogens is 2. The highest BCUT2D eigenvalue weighted by Gasteiger charge is 2.25. The Morgan fingerprint density at radius 3 is 2.68 bits per heavy atom. The van der Waals surface area contributed by atoms with Gasteiger partial charge in [0.1, 0.15) is 6.61 Å². The summed E-state index contributed by atoms with van der Waals surface area (Å²) in [6.45, 7) is 3.05. The first-order valence-electron chi connectivity index (χ1n) is 8.59. The second-order valence-electron chi connectivity index (χ2n) is 6.45. The van der Waals surface area contributed by atoms with Gasteiger partial charge in [-0.3, -0.25) is 4.90 Å². The van der Waals surface area contributed by atoms with E-state index in [1.165, 1.54) is 4.90 Å². The van der Waals surface area contributed by atoms with Crippen LogP contribution in [0.5, 0.6) is 0 Å². The first kappa shape index (κ1) is 17.4. The molecule has 0 bridgehead atoms. The highest BCUT2D eigenvalue weighted by molar-refractivity contribution is 5.66. The van der Waals surface area contributed by atoms with Crippen LogP contribution in [0.3, 0.4) is 0 Å². The van der Waals surface area contributed by atoms with E-state index in [1.807, 2.05) is 30.3 Å². The Bertz CT molecular complexity index is 679. The number of carbonyl (C=O) groups excluding carboxylic acids is 1. The zero-order valence-electron chi connectivity index (χ0n) is 14.7. The third kappa shape index (κ3) is 4.57. The van der Waals surface area contributed by atoms with E-state index in [1.54, 1.807) is 14.1 Å². The summed E-state index contributed by atoms with van der Waals surface area (Å²) in [5.41, 5.74) is 0.970. The molecule has 1 fully saturated rings. The summed E-state index contributed by atoms with van der Waals surface area (Å²) in [7, 11) is 3.36. The van der Waals surface area contributed by atoms with Gasteiger partial charge < -0.3 is 14.2 Å². The van der Waals surface area contributed by atoms with Gasteiger partial charge in [0.15, 0.2) is 0 Å². The SMILES string of the molecule is CN(C)C(=O)OCCN1CCC(c2nc(-c3ccccc3)no2)CC1.